The molecule has 1 aromatic carbocycles. The van der Waals surface area contributed by atoms with E-state index in [1.807, 2.05) is 0 Å². The van der Waals surface area contributed by atoms with Crippen molar-refractivity contribution in [2.45, 2.75) is 18.1 Å². The van der Waals surface area contributed by atoms with Gasteiger partial charge in [0, 0.05) is 10.3 Å². The Hall–Kier alpha value is -0.740. The molecule has 0 spiro atoms. The van der Waals surface area contributed by atoms with Gasteiger partial charge in [-0.1, -0.05) is 23.4 Å². The lowest BCUT2D eigenvalue weighted by atomic mass is 10.3. The summed E-state index contributed by atoms with van der Waals surface area (Å²) >= 11 is 7.56. The number of rotatable bonds is 2. The Morgan fingerprint density at radius 1 is 1.41 bits per heavy atom. The van der Waals surface area contributed by atoms with E-state index in [9.17, 15) is 4.39 Å². The van der Waals surface area contributed by atoms with E-state index in [1.54, 1.807) is 23.9 Å². The second-order valence-electron chi connectivity index (χ2n) is 4.39. The fourth-order valence-electron chi connectivity index (χ4n) is 1.88. The van der Waals surface area contributed by atoms with Crippen molar-refractivity contribution in [3.63, 3.8) is 0 Å². The maximum absolute atomic E-state index is 13.5. The summed E-state index contributed by atoms with van der Waals surface area (Å²) in [4.78, 5) is 4.40. The maximum Gasteiger partial charge on any atom is 0.161 e. The van der Waals surface area contributed by atoms with Crippen molar-refractivity contribution in [2.24, 2.45) is 10.9 Å². The monoisotopic (exact) mass is 270 g/mol. The van der Waals surface area contributed by atoms with Gasteiger partial charge >= 0.3 is 0 Å². The van der Waals surface area contributed by atoms with Crippen LogP contribution < -0.4 is 5.32 Å². The zero-order valence-electron chi connectivity index (χ0n) is 9.12. The van der Waals surface area contributed by atoms with E-state index in [2.05, 4.69) is 10.3 Å². The number of amidine groups is 1. The van der Waals surface area contributed by atoms with Gasteiger partial charge in [-0.05, 0) is 37.0 Å². The van der Waals surface area contributed by atoms with E-state index in [1.165, 1.54) is 18.9 Å². The van der Waals surface area contributed by atoms with E-state index in [-0.39, 0.29) is 5.82 Å². The molecule has 1 unspecified atom stereocenters. The molecule has 1 aliphatic heterocycles. The predicted octanol–water partition coefficient (Wildman–Crippen LogP) is 3.77. The highest BCUT2D eigenvalue weighted by Crippen LogP contribution is 2.42. The Bertz CT molecular complexity index is 474. The Morgan fingerprint density at radius 2 is 2.24 bits per heavy atom. The van der Waals surface area contributed by atoms with Crippen LogP contribution in [-0.4, -0.2) is 17.0 Å². The molecule has 90 valence electrons. The van der Waals surface area contributed by atoms with E-state index >= 15 is 0 Å². The van der Waals surface area contributed by atoms with Crippen LogP contribution in [0.25, 0.3) is 0 Å². The lowest BCUT2D eigenvalue weighted by molar-refractivity contribution is 0.632. The van der Waals surface area contributed by atoms with Gasteiger partial charge in [0.25, 0.3) is 0 Å². The third kappa shape index (κ3) is 2.58. The number of nitrogens with zero attached hydrogens (tertiary/aromatic N) is 1. The molecule has 2 aliphatic rings. The summed E-state index contributed by atoms with van der Waals surface area (Å²) in [5.74, 6) is 0.514. The number of nitrogens with one attached hydrogen (secondary N) is 1. The van der Waals surface area contributed by atoms with Crippen molar-refractivity contribution < 1.29 is 4.39 Å². The van der Waals surface area contributed by atoms with Crippen LogP contribution in [0, 0.1) is 11.7 Å². The lowest BCUT2D eigenvalue weighted by Gasteiger charge is -2.08. The van der Waals surface area contributed by atoms with Gasteiger partial charge in [-0.3, -0.25) is 4.99 Å². The van der Waals surface area contributed by atoms with Gasteiger partial charge in [-0.25, -0.2) is 4.39 Å². The van der Waals surface area contributed by atoms with Crippen LogP contribution in [0.15, 0.2) is 23.2 Å². The van der Waals surface area contributed by atoms with Crippen molar-refractivity contribution in [3.05, 3.63) is 29.0 Å². The zero-order valence-corrected chi connectivity index (χ0v) is 10.7. The Balaban J connectivity index is 1.68. The molecule has 0 radical (unpaired) electrons. The van der Waals surface area contributed by atoms with Crippen LogP contribution in [0.5, 0.6) is 0 Å². The molecule has 5 heteroatoms. The molecular formula is C12H12ClFN2S. The second kappa shape index (κ2) is 4.50. The van der Waals surface area contributed by atoms with E-state index in [0.29, 0.717) is 16.0 Å². The second-order valence-corrected chi connectivity index (χ2v) is 6.05. The summed E-state index contributed by atoms with van der Waals surface area (Å²) in [6, 6.07) is 4.49. The summed E-state index contributed by atoms with van der Waals surface area (Å²) in [6.07, 6.45) is 2.62. The number of benzene rings is 1. The standard InChI is InChI=1S/C12H12ClFN2S/c13-8-3-4-9(14)10(5-8)16-12-15-6-11(17-12)7-1-2-7/h3-5,7,11H,1-2,6H2,(H,15,16). The number of thioether (sulfide) groups is 1. The first kappa shape index (κ1) is 11.4. The zero-order chi connectivity index (χ0) is 11.8. The molecule has 1 fully saturated rings. The smallest absolute Gasteiger partial charge is 0.161 e. The minimum Gasteiger partial charge on any atom is -0.333 e. The SMILES string of the molecule is Fc1ccc(Cl)cc1NC1=NCC(C2CC2)S1. The lowest BCUT2D eigenvalue weighted by Crippen LogP contribution is -2.09. The highest BCUT2D eigenvalue weighted by molar-refractivity contribution is 8.15. The van der Waals surface area contributed by atoms with Crippen molar-refractivity contribution in [3.8, 4) is 0 Å². The summed E-state index contributed by atoms with van der Waals surface area (Å²) < 4.78 is 13.5. The predicted molar refractivity (Wildman–Crippen MR) is 71.4 cm³/mol. The molecule has 1 heterocycles. The number of anilines is 1. The number of hydrogen-bond acceptors (Lipinski definition) is 3. The van der Waals surface area contributed by atoms with Crippen molar-refractivity contribution in [1.29, 1.82) is 0 Å². The molecule has 0 aromatic heterocycles. The van der Waals surface area contributed by atoms with Crippen LogP contribution in [0.4, 0.5) is 10.1 Å². The molecule has 1 N–H and O–H groups in total. The molecule has 1 atom stereocenters. The summed E-state index contributed by atoms with van der Waals surface area (Å²) in [7, 11) is 0. The van der Waals surface area contributed by atoms with Gasteiger partial charge in [0.15, 0.2) is 5.17 Å². The molecule has 17 heavy (non-hydrogen) atoms. The molecule has 1 aliphatic carbocycles. The number of halogens is 2. The minimum absolute atomic E-state index is 0.299. The first-order valence-corrected chi connectivity index (χ1v) is 6.91. The molecule has 0 amide bonds. The van der Waals surface area contributed by atoms with Crippen LogP contribution in [-0.2, 0) is 0 Å². The van der Waals surface area contributed by atoms with Crippen molar-refractivity contribution >= 4 is 34.2 Å². The fraction of sp³-hybridized carbons (Fsp3) is 0.417. The quantitative estimate of drug-likeness (QED) is 0.885. The Morgan fingerprint density at radius 3 is 3.00 bits per heavy atom. The molecule has 0 saturated heterocycles. The van der Waals surface area contributed by atoms with Crippen LogP contribution >= 0.6 is 23.4 Å². The van der Waals surface area contributed by atoms with Crippen molar-refractivity contribution in [1.82, 2.24) is 0 Å². The first-order valence-electron chi connectivity index (χ1n) is 5.65. The maximum atomic E-state index is 13.5. The average molecular weight is 271 g/mol. The van der Waals surface area contributed by atoms with E-state index in [0.717, 1.165) is 17.6 Å². The van der Waals surface area contributed by atoms with E-state index in [4.69, 9.17) is 11.6 Å². The Labute approximate surface area is 109 Å². The largest absolute Gasteiger partial charge is 0.333 e. The minimum atomic E-state index is -0.299. The van der Waals surface area contributed by atoms with Crippen LogP contribution in [0.3, 0.4) is 0 Å². The molecule has 1 saturated carbocycles. The van der Waals surface area contributed by atoms with E-state index < -0.39 is 0 Å². The average Bonchev–Trinajstić information content (AvgIpc) is 3.05. The number of aliphatic imine (C=N–C) groups is 1. The molecule has 2 nitrogen and oxygen atoms in total. The van der Waals surface area contributed by atoms with Gasteiger partial charge in [0.2, 0.25) is 0 Å². The number of hydrogen-bond donors (Lipinski definition) is 1. The van der Waals surface area contributed by atoms with Crippen LogP contribution in [0.2, 0.25) is 5.02 Å². The van der Waals surface area contributed by atoms with Gasteiger partial charge in [0.1, 0.15) is 5.82 Å². The Kier molecular flexibility index (Phi) is 3.01. The third-order valence-corrected chi connectivity index (χ3v) is 4.52. The molecular weight excluding hydrogens is 259 g/mol. The highest BCUT2D eigenvalue weighted by atomic mass is 35.5. The summed E-state index contributed by atoms with van der Waals surface area (Å²) in [5, 5.41) is 4.93. The van der Waals surface area contributed by atoms with Crippen molar-refractivity contribution in [2.75, 3.05) is 11.9 Å². The molecule has 0 bridgehead atoms. The highest BCUT2D eigenvalue weighted by Gasteiger charge is 2.35. The first-order chi connectivity index (χ1) is 8.22. The summed E-state index contributed by atoms with van der Waals surface area (Å²) in [5.41, 5.74) is 0.403. The topological polar surface area (TPSA) is 24.4 Å². The van der Waals surface area contributed by atoms with Crippen LogP contribution in [0.1, 0.15) is 12.8 Å². The van der Waals surface area contributed by atoms with Gasteiger partial charge < -0.3 is 5.32 Å². The van der Waals surface area contributed by atoms with Gasteiger partial charge in [-0.15, -0.1) is 0 Å². The van der Waals surface area contributed by atoms with Gasteiger partial charge in [-0.2, -0.15) is 0 Å². The third-order valence-electron chi connectivity index (χ3n) is 3.00. The molecule has 3 rings (SSSR count). The fourth-order valence-corrected chi connectivity index (χ4v) is 3.27. The summed E-state index contributed by atoms with van der Waals surface area (Å²) in [6.45, 7) is 0.847. The normalized spacial score (nSPS) is 23.6. The van der Waals surface area contributed by atoms with Gasteiger partial charge in [0.05, 0.1) is 12.2 Å². The molecule has 1 aromatic rings.